The quantitative estimate of drug-likeness (QED) is 0.470. The van der Waals surface area contributed by atoms with Crippen molar-refractivity contribution in [1.29, 1.82) is 0 Å². The molecule has 1 fully saturated rings. The van der Waals surface area contributed by atoms with E-state index in [0.717, 1.165) is 12.8 Å². The van der Waals surface area contributed by atoms with Crippen molar-refractivity contribution in [3.05, 3.63) is 6.42 Å². The van der Waals surface area contributed by atoms with Gasteiger partial charge < -0.3 is 10.2 Å². The van der Waals surface area contributed by atoms with Crippen LogP contribution in [0.3, 0.4) is 0 Å². The number of rotatable bonds is 0. The SMILES string of the molecule is O[C@@H]1CC[CH]C[C@@H]1O. The van der Waals surface area contributed by atoms with Crippen LogP contribution in [0.4, 0.5) is 0 Å². The van der Waals surface area contributed by atoms with Gasteiger partial charge in [-0.15, -0.1) is 0 Å². The summed E-state index contributed by atoms with van der Waals surface area (Å²) in [5.74, 6) is 0. The Morgan fingerprint density at radius 1 is 1.25 bits per heavy atom. The van der Waals surface area contributed by atoms with Gasteiger partial charge in [-0.1, -0.05) is 0 Å². The molecule has 1 aliphatic carbocycles. The van der Waals surface area contributed by atoms with Crippen LogP contribution in [0.15, 0.2) is 0 Å². The van der Waals surface area contributed by atoms with Crippen LogP contribution >= 0.6 is 0 Å². The Hall–Kier alpha value is -0.0800. The molecule has 2 atom stereocenters. The Morgan fingerprint density at radius 3 is 2.38 bits per heavy atom. The van der Waals surface area contributed by atoms with Crippen LogP contribution in [0.5, 0.6) is 0 Å². The molecule has 0 aliphatic heterocycles. The first kappa shape index (κ1) is 6.05. The highest BCUT2D eigenvalue weighted by molar-refractivity contribution is 4.82. The molecule has 2 heteroatoms. The van der Waals surface area contributed by atoms with E-state index >= 15 is 0 Å². The van der Waals surface area contributed by atoms with Crippen molar-refractivity contribution in [3.63, 3.8) is 0 Å². The summed E-state index contributed by atoms with van der Waals surface area (Å²) >= 11 is 0. The van der Waals surface area contributed by atoms with Crippen LogP contribution in [0, 0.1) is 6.42 Å². The lowest BCUT2D eigenvalue weighted by Gasteiger charge is -2.21. The van der Waals surface area contributed by atoms with Gasteiger partial charge >= 0.3 is 0 Å². The third-order valence-electron chi connectivity index (χ3n) is 1.52. The minimum atomic E-state index is -0.497. The molecule has 0 unspecified atom stereocenters. The van der Waals surface area contributed by atoms with Gasteiger partial charge in [-0.25, -0.2) is 0 Å². The molecule has 1 radical (unpaired) electrons. The van der Waals surface area contributed by atoms with E-state index in [1.54, 1.807) is 0 Å². The van der Waals surface area contributed by atoms with Gasteiger partial charge in [0.15, 0.2) is 0 Å². The lowest BCUT2D eigenvalue weighted by Crippen LogP contribution is -2.29. The molecule has 1 aliphatic rings. The molecule has 2 N–H and O–H groups in total. The second kappa shape index (κ2) is 2.46. The molecule has 0 bridgehead atoms. The third-order valence-corrected chi connectivity index (χ3v) is 1.52. The van der Waals surface area contributed by atoms with Crippen molar-refractivity contribution in [1.82, 2.24) is 0 Å². The fourth-order valence-corrected chi connectivity index (χ4v) is 0.927. The van der Waals surface area contributed by atoms with E-state index in [4.69, 9.17) is 10.2 Å². The highest BCUT2D eigenvalue weighted by atomic mass is 16.3. The van der Waals surface area contributed by atoms with Gasteiger partial charge in [-0.05, 0) is 25.7 Å². The van der Waals surface area contributed by atoms with Gasteiger partial charge in [0.25, 0.3) is 0 Å². The number of hydrogen-bond acceptors (Lipinski definition) is 2. The molecule has 47 valence electrons. The van der Waals surface area contributed by atoms with Crippen molar-refractivity contribution in [3.8, 4) is 0 Å². The summed E-state index contributed by atoms with van der Waals surface area (Å²) in [4.78, 5) is 0. The molecule has 0 aromatic carbocycles. The first-order chi connectivity index (χ1) is 3.80. The van der Waals surface area contributed by atoms with Gasteiger partial charge in [0.2, 0.25) is 0 Å². The van der Waals surface area contributed by atoms with E-state index in [2.05, 4.69) is 0 Å². The summed E-state index contributed by atoms with van der Waals surface area (Å²) in [5, 5.41) is 17.8. The topological polar surface area (TPSA) is 40.5 Å². The van der Waals surface area contributed by atoms with Crippen molar-refractivity contribution < 1.29 is 10.2 Å². The maximum atomic E-state index is 8.91. The summed E-state index contributed by atoms with van der Waals surface area (Å²) < 4.78 is 0. The molecule has 0 aromatic heterocycles. The Morgan fingerprint density at radius 2 is 2.00 bits per heavy atom. The molecular weight excluding hydrogens is 104 g/mol. The predicted octanol–water partition coefficient (Wildman–Crippen LogP) is 0.0964. The zero-order chi connectivity index (χ0) is 5.98. The van der Waals surface area contributed by atoms with Crippen LogP contribution < -0.4 is 0 Å². The van der Waals surface area contributed by atoms with Crippen molar-refractivity contribution in [2.45, 2.75) is 31.5 Å². The normalized spacial score (nSPS) is 39.8. The number of aliphatic hydroxyl groups is 2. The minimum absolute atomic E-state index is 0.472. The van der Waals surface area contributed by atoms with Gasteiger partial charge in [0.05, 0.1) is 12.2 Å². The fourth-order valence-electron chi connectivity index (χ4n) is 0.927. The van der Waals surface area contributed by atoms with Crippen LogP contribution in [0.25, 0.3) is 0 Å². The minimum Gasteiger partial charge on any atom is -0.390 e. The summed E-state index contributed by atoms with van der Waals surface area (Å²) in [7, 11) is 0. The average molecular weight is 115 g/mol. The number of aliphatic hydroxyl groups excluding tert-OH is 2. The molecule has 0 saturated heterocycles. The Kier molecular flexibility index (Phi) is 1.86. The summed E-state index contributed by atoms with van der Waals surface area (Å²) in [6, 6.07) is 0. The Bertz CT molecular complexity index is 62.9. The predicted molar refractivity (Wildman–Crippen MR) is 30.2 cm³/mol. The van der Waals surface area contributed by atoms with Gasteiger partial charge in [-0.3, -0.25) is 0 Å². The fraction of sp³-hybridized carbons (Fsp3) is 0.833. The lowest BCUT2D eigenvalue weighted by atomic mass is 9.95. The molecule has 0 heterocycles. The highest BCUT2D eigenvalue weighted by Crippen LogP contribution is 2.16. The zero-order valence-corrected chi connectivity index (χ0v) is 4.75. The van der Waals surface area contributed by atoms with E-state index in [0.29, 0.717) is 6.42 Å². The smallest absolute Gasteiger partial charge is 0.0801 e. The summed E-state index contributed by atoms with van der Waals surface area (Å²) in [5.41, 5.74) is 0. The van der Waals surface area contributed by atoms with Crippen molar-refractivity contribution in [2.24, 2.45) is 0 Å². The molecule has 1 saturated carbocycles. The molecule has 0 spiro atoms. The van der Waals surface area contributed by atoms with Crippen molar-refractivity contribution >= 4 is 0 Å². The summed E-state index contributed by atoms with van der Waals surface area (Å²) in [6.45, 7) is 0. The Labute approximate surface area is 49.1 Å². The molecular formula is C6H11O2. The molecule has 1 rings (SSSR count). The molecule has 0 aromatic rings. The molecule has 0 amide bonds. The van der Waals surface area contributed by atoms with Gasteiger partial charge in [0.1, 0.15) is 0 Å². The van der Waals surface area contributed by atoms with Gasteiger partial charge in [-0.2, -0.15) is 0 Å². The monoisotopic (exact) mass is 115 g/mol. The second-order valence-corrected chi connectivity index (χ2v) is 2.24. The summed E-state index contributed by atoms with van der Waals surface area (Å²) in [6.07, 6.45) is 3.36. The van der Waals surface area contributed by atoms with Crippen molar-refractivity contribution in [2.75, 3.05) is 0 Å². The van der Waals surface area contributed by atoms with Crippen LogP contribution in [-0.4, -0.2) is 22.4 Å². The Balaban J connectivity index is 2.28. The van der Waals surface area contributed by atoms with Crippen LogP contribution in [-0.2, 0) is 0 Å². The van der Waals surface area contributed by atoms with Crippen LogP contribution in [0.1, 0.15) is 19.3 Å². The molecule has 8 heavy (non-hydrogen) atoms. The first-order valence-corrected chi connectivity index (χ1v) is 2.98. The van der Waals surface area contributed by atoms with E-state index < -0.39 is 12.2 Å². The second-order valence-electron chi connectivity index (χ2n) is 2.24. The van der Waals surface area contributed by atoms with E-state index in [-0.39, 0.29) is 0 Å². The van der Waals surface area contributed by atoms with E-state index in [9.17, 15) is 0 Å². The molecule has 2 nitrogen and oxygen atoms in total. The maximum Gasteiger partial charge on any atom is 0.0801 e. The van der Waals surface area contributed by atoms with Gasteiger partial charge in [0, 0.05) is 0 Å². The zero-order valence-electron chi connectivity index (χ0n) is 4.75. The number of hydrogen-bond donors (Lipinski definition) is 2. The third kappa shape index (κ3) is 1.20. The largest absolute Gasteiger partial charge is 0.390 e. The average Bonchev–Trinajstić information content (AvgIpc) is 1.77. The van der Waals surface area contributed by atoms with E-state index in [1.165, 1.54) is 0 Å². The van der Waals surface area contributed by atoms with Crippen LogP contribution in [0.2, 0.25) is 0 Å². The first-order valence-electron chi connectivity index (χ1n) is 2.98. The standard InChI is InChI=1S/C6H11O2/c7-5-3-1-2-4-6(5)8/h1,5-8H,2-4H2/t5-,6+/m0/s1. The highest BCUT2D eigenvalue weighted by Gasteiger charge is 2.19. The van der Waals surface area contributed by atoms with E-state index in [1.807, 2.05) is 6.42 Å². The maximum absolute atomic E-state index is 8.91. The lowest BCUT2D eigenvalue weighted by molar-refractivity contribution is 0.00292.